The van der Waals surface area contributed by atoms with Gasteiger partial charge in [-0.2, -0.15) is 0 Å². The van der Waals surface area contributed by atoms with E-state index in [2.05, 4.69) is 11.2 Å². The van der Waals surface area contributed by atoms with Gasteiger partial charge in [-0.3, -0.25) is 4.79 Å². The van der Waals surface area contributed by atoms with E-state index in [4.69, 9.17) is 11.5 Å². The maximum Gasteiger partial charge on any atom is 0.326 e. The van der Waals surface area contributed by atoms with Crippen LogP contribution in [0.25, 0.3) is 0 Å². The highest BCUT2D eigenvalue weighted by Crippen LogP contribution is 2.05. The predicted molar refractivity (Wildman–Crippen MR) is 72.4 cm³/mol. The molecule has 4 heteroatoms. The average molecular weight is 259 g/mol. The van der Waals surface area contributed by atoms with E-state index in [-0.39, 0.29) is 12.3 Å². The van der Waals surface area contributed by atoms with E-state index in [1.54, 1.807) is 0 Å². The molecule has 1 unspecified atom stereocenters. The van der Waals surface area contributed by atoms with Gasteiger partial charge in [-0.15, -0.1) is 12.3 Å². The van der Waals surface area contributed by atoms with Crippen LogP contribution in [0.1, 0.15) is 24.8 Å². The van der Waals surface area contributed by atoms with E-state index in [1.165, 1.54) is 0 Å². The van der Waals surface area contributed by atoms with Crippen molar-refractivity contribution in [1.82, 2.24) is 5.32 Å². The highest BCUT2D eigenvalue weighted by Gasteiger charge is 2.19. The van der Waals surface area contributed by atoms with Crippen molar-refractivity contribution in [2.45, 2.75) is 31.7 Å². The minimum atomic E-state index is -1.02. The molecule has 0 fully saturated rings. The van der Waals surface area contributed by atoms with Crippen LogP contribution >= 0.6 is 0 Å². The van der Waals surface area contributed by atoms with Crippen molar-refractivity contribution in [3.8, 4) is 12.3 Å². The van der Waals surface area contributed by atoms with Crippen LogP contribution in [0, 0.1) is 12.3 Å². The van der Waals surface area contributed by atoms with E-state index in [9.17, 15) is 9.59 Å². The smallest absolute Gasteiger partial charge is 0.326 e. The number of aliphatic carboxylic acids is 1. The molecule has 1 amide bonds. The fraction of sp³-hybridized carbons (Fsp3) is 0.333. The summed E-state index contributed by atoms with van der Waals surface area (Å²) >= 11 is 0. The Kier molecular flexibility index (Phi) is 6.17. The molecule has 4 nitrogen and oxygen atoms in total. The summed E-state index contributed by atoms with van der Waals surface area (Å²) in [6.45, 7) is 0. The normalized spacial score (nSPS) is 11.3. The number of carbonyl (C=O) groups is 2. The number of benzene rings is 1. The first-order valence-electron chi connectivity index (χ1n) is 6.13. The molecule has 0 radical (unpaired) electrons. The maximum absolute atomic E-state index is 11.5. The molecule has 100 valence electrons. The van der Waals surface area contributed by atoms with Crippen molar-refractivity contribution < 1.29 is 14.7 Å². The molecule has 1 rings (SSSR count). The molecule has 0 spiro atoms. The van der Waals surface area contributed by atoms with E-state index < -0.39 is 12.0 Å². The lowest BCUT2D eigenvalue weighted by Crippen LogP contribution is -2.41. The SMILES string of the molecule is C#CCCC(=O)NC(CCc1ccccc1)C(=O)O. The minimum absolute atomic E-state index is 0.158. The lowest BCUT2D eigenvalue weighted by molar-refractivity contribution is -0.142. The second kappa shape index (κ2) is 7.93. The van der Waals surface area contributed by atoms with Gasteiger partial charge in [-0.1, -0.05) is 30.3 Å². The number of terminal acetylenes is 1. The molecule has 0 bridgehead atoms. The lowest BCUT2D eigenvalue weighted by atomic mass is 10.1. The molecule has 0 aromatic heterocycles. The quantitative estimate of drug-likeness (QED) is 0.731. The summed E-state index contributed by atoms with van der Waals surface area (Å²) in [5.74, 6) is 1.01. The number of carboxylic acid groups (broad SMARTS) is 1. The summed E-state index contributed by atoms with van der Waals surface area (Å²) in [4.78, 5) is 22.5. The molecule has 0 aliphatic carbocycles. The average Bonchev–Trinajstić information content (AvgIpc) is 2.42. The van der Waals surface area contributed by atoms with Gasteiger partial charge in [-0.05, 0) is 18.4 Å². The largest absolute Gasteiger partial charge is 0.480 e. The zero-order valence-electron chi connectivity index (χ0n) is 10.6. The standard InChI is InChI=1S/C15H17NO3/c1-2-3-9-14(17)16-13(15(18)19)11-10-12-7-5-4-6-8-12/h1,4-8,13H,3,9-11H2,(H,16,17)(H,18,19). The Hall–Kier alpha value is -2.28. The molecular weight excluding hydrogens is 242 g/mol. The zero-order valence-corrected chi connectivity index (χ0v) is 10.6. The fourth-order valence-electron chi connectivity index (χ4n) is 1.67. The number of carbonyl (C=O) groups excluding carboxylic acids is 1. The minimum Gasteiger partial charge on any atom is -0.480 e. The summed E-state index contributed by atoms with van der Waals surface area (Å²) in [6.07, 6.45) is 6.50. The molecule has 1 aromatic rings. The van der Waals surface area contributed by atoms with E-state index in [0.29, 0.717) is 19.3 Å². The summed E-state index contributed by atoms with van der Waals surface area (Å²) < 4.78 is 0. The molecule has 2 N–H and O–H groups in total. The highest BCUT2D eigenvalue weighted by atomic mass is 16.4. The zero-order chi connectivity index (χ0) is 14.1. The van der Waals surface area contributed by atoms with E-state index >= 15 is 0 Å². The number of amides is 1. The number of rotatable bonds is 7. The van der Waals surface area contributed by atoms with Gasteiger partial charge < -0.3 is 10.4 Å². The second-order valence-electron chi connectivity index (χ2n) is 4.19. The summed E-state index contributed by atoms with van der Waals surface area (Å²) in [5.41, 5.74) is 1.05. The van der Waals surface area contributed by atoms with Crippen molar-refractivity contribution in [3.63, 3.8) is 0 Å². The molecule has 0 saturated carbocycles. The van der Waals surface area contributed by atoms with Gasteiger partial charge in [0.15, 0.2) is 0 Å². The van der Waals surface area contributed by atoms with Gasteiger partial charge in [0.05, 0.1) is 0 Å². The van der Waals surface area contributed by atoms with Gasteiger partial charge in [0.25, 0.3) is 0 Å². The van der Waals surface area contributed by atoms with Crippen LogP contribution in [0.2, 0.25) is 0 Å². The predicted octanol–water partition coefficient (Wildman–Crippen LogP) is 1.60. The Morgan fingerprint density at radius 2 is 2.00 bits per heavy atom. The number of carboxylic acids is 1. The summed E-state index contributed by atoms with van der Waals surface area (Å²) in [5, 5.41) is 11.6. The third-order valence-corrected chi connectivity index (χ3v) is 2.69. The van der Waals surface area contributed by atoms with Crippen LogP contribution in [0.5, 0.6) is 0 Å². The van der Waals surface area contributed by atoms with Gasteiger partial charge >= 0.3 is 5.97 Å². The van der Waals surface area contributed by atoms with Crippen LogP contribution in [-0.2, 0) is 16.0 Å². The summed E-state index contributed by atoms with van der Waals surface area (Å²) in [7, 11) is 0. The van der Waals surface area contributed by atoms with Crippen molar-refractivity contribution in [3.05, 3.63) is 35.9 Å². The van der Waals surface area contributed by atoms with Crippen molar-refractivity contribution in [2.75, 3.05) is 0 Å². The van der Waals surface area contributed by atoms with Crippen LogP contribution in [0.4, 0.5) is 0 Å². The highest BCUT2D eigenvalue weighted by molar-refractivity contribution is 5.83. The Labute approximate surface area is 112 Å². The van der Waals surface area contributed by atoms with Gasteiger partial charge in [-0.25, -0.2) is 4.79 Å². The lowest BCUT2D eigenvalue weighted by Gasteiger charge is -2.14. The molecule has 1 aromatic carbocycles. The molecule has 0 saturated heterocycles. The number of hydrogen-bond donors (Lipinski definition) is 2. The first-order chi connectivity index (χ1) is 9.13. The molecule has 0 heterocycles. The molecule has 19 heavy (non-hydrogen) atoms. The monoisotopic (exact) mass is 259 g/mol. The third kappa shape index (κ3) is 5.73. The van der Waals surface area contributed by atoms with E-state index in [1.807, 2.05) is 30.3 Å². The Morgan fingerprint density at radius 3 is 2.58 bits per heavy atom. The topological polar surface area (TPSA) is 66.4 Å². The maximum atomic E-state index is 11.5. The van der Waals surface area contributed by atoms with Crippen molar-refractivity contribution in [1.29, 1.82) is 0 Å². The van der Waals surface area contributed by atoms with Gasteiger partial charge in [0, 0.05) is 12.8 Å². The van der Waals surface area contributed by atoms with E-state index in [0.717, 1.165) is 5.56 Å². The number of aryl methyl sites for hydroxylation is 1. The molecule has 0 aliphatic rings. The first-order valence-corrected chi connectivity index (χ1v) is 6.13. The van der Waals surface area contributed by atoms with Crippen LogP contribution in [-0.4, -0.2) is 23.0 Å². The van der Waals surface area contributed by atoms with Gasteiger partial charge in [0.1, 0.15) is 6.04 Å². The first kappa shape index (κ1) is 14.8. The fourth-order valence-corrected chi connectivity index (χ4v) is 1.67. The van der Waals surface area contributed by atoms with Crippen molar-refractivity contribution in [2.24, 2.45) is 0 Å². The van der Waals surface area contributed by atoms with Crippen LogP contribution in [0.3, 0.4) is 0 Å². The molecule has 1 atom stereocenters. The van der Waals surface area contributed by atoms with Gasteiger partial charge in [0.2, 0.25) is 5.91 Å². The van der Waals surface area contributed by atoms with Crippen LogP contribution < -0.4 is 5.32 Å². The summed E-state index contributed by atoms with van der Waals surface area (Å²) in [6, 6.07) is 8.69. The Balaban J connectivity index is 2.47. The molecule has 0 aliphatic heterocycles. The Bertz CT molecular complexity index is 462. The van der Waals surface area contributed by atoms with Crippen LogP contribution in [0.15, 0.2) is 30.3 Å². The molecular formula is C15H17NO3. The Morgan fingerprint density at radius 1 is 1.32 bits per heavy atom. The second-order valence-corrected chi connectivity index (χ2v) is 4.19. The number of nitrogens with one attached hydrogen (secondary N) is 1. The van der Waals surface area contributed by atoms with Crippen molar-refractivity contribution >= 4 is 11.9 Å². The third-order valence-electron chi connectivity index (χ3n) is 2.69. The number of hydrogen-bond acceptors (Lipinski definition) is 2.